The monoisotopic (exact) mass is 438 g/mol. The van der Waals surface area contributed by atoms with E-state index >= 15 is 0 Å². The third-order valence-electron chi connectivity index (χ3n) is 5.28. The Morgan fingerprint density at radius 1 is 1.15 bits per heavy atom. The van der Waals surface area contributed by atoms with Gasteiger partial charge in [-0.15, -0.1) is 37.2 Å². The van der Waals surface area contributed by atoms with Gasteiger partial charge in [0, 0.05) is 32.6 Å². The van der Waals surface area contributed by atoms with Gasteiger partial charge in [0.25, 0.3) is 0 Å². The highest BCUT2D eigenvalue weighted by molar-refractivity contribution is 5.94. The number of rotatable bonds is 6. The van der Waals surface area contributed by atoms with Crippen LogP contribution in [0.2, 0.25) is 0 Å². The molecule has 27 heavy (non-hydrogen) atoms. The fourth-order valence-corrected chi connectivity index (χ4v) is 3.67. The Morgan fingerprint density at radius 3 is 2.48 bits per heavy atom. The van der Waals surface area contributed by atoms with Crippen LogP contribution >= 0.6 is 37.2 Å². The predicted molar refractivity (Wildman–Crippen MR) is 121 cm³/mol. The van der Waals surface area contributed by atoms with Crippen molar-refractivity contribution in [2.24, 2.45) is 5.92 Å². The molecule has 0 spiro atoms. The van der Waals surface area contributed by atoms with Crippen LogP contribution in [0.5, 0.6) is 0 Å². The number of para-hydroxylation sites is 2. The number of amides is 1. The lowest BCUT2D eigenvalue weighted by Gasteiger charge is -2.36. The molecule has 0 bridgehead atoms. The number of anilines is 2. The molecular weight excluding hydrogens is 407 g/mol. The molecule has 0 aliphatic carbocycles. The molecule has 5 nitrogen and oxygen atoms in total. The first kappa shape index (κ1) is 26.3. The highest BCUT2D eigenvalue weighted by Gasteiger charge is 2.19. The summed E-state index contributed by atoms with van der Waals surface area (Å²) in [5, 5.41) is 6.51. The summed E-state index contributed by atoms with van der Waals surface area (Å²) >= 11 is 0. The number of carbonyl (C=O) groups excluding carboxylic acids is 1. The van der Waals surface area contributed by atoms with Gasteiger partial charge in [0.15, 0.2) is 0 Å². The maximum absolute atomic E-state index is 12.3. The van der Waals surface area contributed by atoms with Crippen LogP contribution in [0.3, 0.4) is 0 Å². The quantitative estimate of drug-likeness (QED) is 0.713. The van der Waals surface area contributed by atoms with Crippen molar-refractivity contribution in [2.45, 2.75) is 26.2 Å². The summed E-state index contributed by atoms with van der Waals surface area (Å²) in [6, 6.07) is 8.21. The Hall–Kier alpha value is -0.720. The van der Waals surface area contributed by atoms with E-state index in [9.17, 15) is 4.79 Å². The van der Waals surface area contributed by atoms with Crippen LogP contribution in [0.25, 0.3) is 0 Å². The van der Waals surface area contributed by atoms with Crippen LogP contribution in [0.4, 0.5) is 11.4 Å². The van der Waals surface area contributed by atoms with Crippen molar-refractivity contribution >= 4 is 54.5 Å². The number of piperazine rings is 1. The molecular formula is C19H33Cl3N4O. The minimum Gasteiger partial charge on any atom is -0.367 e. The number of hydrogen-bond acceptors (Lipinski definition) is 4. The maximum atomic E-state index is 12.3. The second kappa shape index (κ2) is 13.5. The summed E-state index contributed by atoms with van der Waals surface area (Å²) in [5.74, 6) is 0.801. The zero-order chi connectivity index (χ0) is 16.8. The van der Waals surface area contributed by atoms with Crippen molar-refractivity contribution in [3.63, 3.8) is 0 Å². The lowest BCUT2D eigenvalue weighted by atomic mass is 10.0. The van der Waals surface area contributed by atoms with E-state index in [1.807, 2.05) is 12.1 Å². The largest absolute Gasteiger partial charge is 0.367 e. The van der Waals surface area contributed by atoms with Crippen LogP contribution in [-0.2, 0) is 4.79 Å². The molecule has 1 aromatic carbocycles. The number of carbonyl (C=O) groups is 1. The molecule has 2 N–H and O–H groups in total. The zero-order valence-corrected chi connectivity index (χ0v) is 18.4. The minimum absolute atomic E-state index is 0. The SMILES string of the molecule is CCN1CCN(c2ccccc2NC(=O)CCC2CCNC2)CC1.Cl.Cl.Cl. The number of benzene rings is 1. The molecule has 8 heteroatoms. The molecule has 1 amide bonds. The van der Waals surface area contributed by atoms with Crippen LogP contribution in [-0.4, -0.2) is 56.6 Å². The highest BCUT2D eigenvalue weighted by Crippen LogP contribution is 2.27. The molecule has 0 saturated carbocycles. The van der Waals surface area contributed by atoms with Crippen LogP contribution in [0, 0.1) is 5.92 Å². The van der Waals surface area contributed by atoms with Gasteiger partial charge in [-0.2, -0.15) is 0 Å². The summed E-state index contributed by atoms with van der Waals surface area (Å²) in [5.41, 5.74) is 2.11. The van der Waals surface area contributed by atoms with E-state index in [0.29, 0.717) is 12.3 Å². The Kier molecular flexibility index (Phi) is 13.1. The van der Waals surface area contributed by atoms with Gasteiger partial charge in [-0.1, -0.05) is 19.1 Å². The molecule has 1 unspecified atom stereocenters. The Bertz CT molecular complexity index is 548. The van der Waals surface area contributed by atoms with E-state index < -0.39 is 0 Å². The Labute approximate surface area is 181 Å². The average molecular weight is 440 g/mol. The van der Waals surface area contributed by atoms with Gasteiger partial charge in [-0.3, -0.25) is 4.79 Å². The zero-order valence-electron chi connectivity index (χ0n) is 16.0. The van der Waals surface area contributed by atoms with Gasteiger partial charge in [-0.25, -0.2) is 0 Å². The molecule has 2 aliphatic rings. The minimum atomic E-state index is 0. The molecule has 2 heterocycles. The summed E-state index contributed by atoms with van der Waals surface area (Å²) in [6.45, 7) is 9.71. The van der Waals surface area contributed by atoms with E-state index in [0.717, 1.165) is 63.6 Å². The van der Waals surface area contributed by atoms with Gasteiger partial charge < -0.3 is 20.4 Å². The third kappa shape index (κ3) is 7.66. The summed E-state index contributed by atoms with van der Waals surface area (Å²) in [7, 11) is 0. The molecule has 156 valence electrons. The van der Waals surface area contributed by atoms with E-state index in [2.05, 4.69) is 39.5 Å². The normalized spacial score (nSPS) is 19.4. The van der Waals surface area contributed by atoms with Gasteiger partial charge in [-0.05, 0) is 50.5 Å². The van der Waals surface area contributed by atoms with Crippen molar-refractivity contribution in [1.29, 1.82) is 0 Å². The van der Waals surface area contributed by atoms with Crippen molar-refractivity contribution in [2.75, 3.05) is 56.0 Å². The van der Waals surface area contributed by atoms with Crippen LogP contribution in [0.15, 0.2) is 24.3 Å². The van der Waals surface area contributed by atoms with Gasteiger partial charge in [0.1, 0.15) is 0 Å². The lowest BCUT2D eigenvalue weighted by molar-refractivity contribution is -0.116. The molecule has 1 aromatic rings. The molecule has 2 saturated heterocycles. The van der Waals surface area contributed by atoms with Crippen LogP contribution in [0.1, 0.15) is 26.2 Å². The van der Waals surface area contributed by atoms with Crippen molar-refractivity contribution in [3.8, 4) is 0 Å². The van der Waals surface area contributed by atoms with Gasteiger partial charge in [0.05, 0.1) is 11.4 Å². The first-order chi connectivity index (χ1) is 11.8. The Balaban J connectivity index is 0.00000225. The highest BCUT2D eigenvalue weighted by atomic mass is 35.5. The first-order valence-electron chi connectivity index (χ1n) is 9.33. The molecule has 0 radical (unpaired) electrons. The molecule has 0 aromatic heterocycles. The average Bonchev–Trinajstić information content (AvgIpc) is 3.14. The summed E-state index contributed by atoms with van der Waals surface area (Å²) in [4.78, 5) is 17.2. The maximum Gasteiger partial charge on any atom is 0.224 e. The van der Waals surface area contributed by atoms with Crippen LogP contribution < -0.4 is 15.5 Å². The van der Waals surface area contributed by atoms with Crippen molar-refractivity contribution in [1.82, 2.24) is 10.2 Å². The van der Waals surface area contributed by atoms with Gasteiger partial charge >= 0.3 is 0 Å². The van der Waals surface area contributed by atoms with Gasteiger partial charge in [0.2, 0.25) is 5.91 Å². The summed E-state index contributed by atoms with van der Waals surface area (Å²) in [6.07, 6.45) is 2.80. The second-order valence-corrected chi connectivity index (χ2v) is 6.88. The molecule has 3 rings (SSSR count). The lowest BCUT2D eigenvalue weighted by Crippen LogP contribution is -2.46. The smallest absolute Gasteiger partial charge is 0.224 e. The second-order valence-electron chi connectivity index (χ2n) is 6.88. The summed E-state index contributed by atoms with van der Waals surface area (Å²) < 4.78 is 0. The van der Waals surface area contributed by atoms with E-state index in [-0.39, 0.29) is 43.1 Å². The predicted octanol–water partition coefficient (Wildman–Crippen LogP) is 3.42. The third-order valence-corrected chi connectivity index (χ3v) is 5.28. The topological polar surface area (TPSA) is 47.6 Å². The number of nitrogens with one attached hydrogen (secondary N) is 2. The van der Waals surface area contributed by atoms with E-state index in [4.69, 9.17) is 0 Å². The number of halogens is 3. The first-order valence-corrected chi connectivity index (χ1v) is 9.33. The van der Waals surface area contributed by atoms with E-state index in [1.54, 1.807) is 0 Å². The number of nitrogens with zero attached hydrogens (tertiary/aromatic N) is 2. The van der Waals surface area contributed by atoms with Crippen molar-refractivity contribution in [3.05, 3.63) is 24.3 Å². The fourth-order valence-electron chi connectivity index (χ4n) is 3.67. The molecule has 2 fully saturated rings. The molecule has 2 aliphatic heterocycles. The fraction of sp³-hybridized carbons (Fsp3) is 0.632. The number of likely N-dealkylation sites (N-methyl/N-ethyl adjacent to an activating group) is 1. The number of hydrogen-bond donors (Lipinski definition) is 2. The standard InChI is InChI=1S/C19H30N4O.3ClH/c1-2-22-11-13-23(14-12-22)18-6-4-3-5-17(18)21-19(24)8-7-16-9-10-20-15-16;;;/h3-6,16,20H,2,7-15H2,1H3,(H,21,24);3*1H. The Morgan fingerprint density at radius 2 is 1.85 bits per heavy atom. The van der Waals surface area contributed by atoms with E-state index in [1.165, 1.54) is 6.42 Å². The molecule has 1 atom stereocenters. The van der Waals surface area contributed by atoms with Crippen molar-refractivity contribution < 1.29 is 4.79 Å².